The summed E-state index contributed by atoms with van der Waals surface area (Å²) >= 11 is 0. The van der Waals surface area contributed by atoms with Gasteiger partial charge in [-0.3, -0.25) is 14.4 Å². The van der Waals surface area contributed by atoms with E-state index in [1.807, 2.05) is 13.2 Å². The lowest BCUT2D eigenvalue weighted by Crippen LogP contribution is -2.44. The van der Waals surface area contributed by atoms with Gasteiger partial charge >= 0.3 is 0 Å². The molecule has 1 fully saturated rings. The average Bonchev–Trinajstić information content (AvgIpc) is 2.89. The summed E-state index contributed by atoms with van der Waals surface area (Å²) in [4.78, 5) is 13.5. The van der Waals surface area contributed by atoms with Crippen molar-refractivity contribution >= 4 is 5.91 Å². The SMILES string of the molecule is Cn1cc(C(CN)N2CCCC2C(N)=O)cn1. The fourth-order valence-electron chi connectivity index (χ4n) is 2.54. The Kier molecular flexibility index (Phi) is 3.44. The number of amides is 1. The Morgan fingerprint density at radius 3 is 3.00 bits per heavy atom. The van der Waals surface area contributed by atoms with Crippen LogP contribution in [0.3, 0.4) is 0 Å². The van der Waals surface area contributed by atoms with Crippen LogP contribution in [-0.2, 0) is 11.8 Å². The maximum absolute atomic E-state index is 11.4. The van der Waals surface area contributed by atoms with Crippen LogP contribution in [0.5, 0.6) is 0 Å². The van der Waals surface area contributed by atoms with E-state index in [-0.39, 0.29) is 18.0 Å². The number of primary amides is 1. The standard InChI is InChI=1S/C11H19N5O/c1-15-7-8(6-14-15)10(5-12)16-4-2-3-9(16)11(13)17/h6-7,9-10H,2-5,12H2,1H3,(H2,13,17). The van der Waals surface area contributed by atoms with Crippen molar-refractivity contribution in [3.63, 3.8) is 0 Å². The maximum Gasteiger partial charge on any atom is 0.234 e. The van der Waals surface area contributed by atoms with Crippen LogP contribution >= 0.6 is 0 Å². The van der Waals surface area contributed by atoms with Gasteiger partial charge in [0.05, 0.1) is 18.3 Å². The summed E-state index contributed by atoms with van der Waals surface area (Å²) in [6.07, 6.45) is 5.55. The van der Waals surface area contributed by atoms with Gasteiger partial charge in [-0.2, -0.15) is 5.10 Å². The third-order valence-corrected chi connectivity index (χ3v) is 3.36. The lowest BCUT2D eigenvalue weighted by molar-refractivity contribution is -0.122. The summed E-state index contributed by atoms with van der Waals surface area (Å²) in [5.41, 5.74) is 12.3. The van der Waals surface area contributed by atoms with Crippen molar-refractivity contribution in [1.29, 1.82) is 0 Å². The van der Waals surface area contributed by atoms with E-state index in [4.69, 9.17) is 11.5 Å². The lowest BCUT2D eigenvalue weighted by Gasteiger charge is -2.29. The molecule has 94 valence electrons. The molecule has 2 rings (SSSR count). The molecule has 0 bridgehead atoms. The highest BCUT2D eigenvalue weighted by Crippen LogP contribution is 2.28. The summed E-state index contributed by atoms with van der Waals surface area (Å²) < 4.78 is 1.74. The lowest BCUT2D eigenvalue weighted by atomic mass is 10.1. The molecule has 1 aliphatic rings. The van der Waals surface area contributed by atoms with E-state index in [0.29, 0.717) is 6.54 Å². The van der Waals surface area contributed by atoms with Crippen LogP contribution in [0.4, 0.5) is 0 Å². The van der Waals surface area contributed by atoms with Gasteiger partial charge in [-0.15, -0.1) is 0 Å². The van der Waals surface area contributed by atoms with Crippen LogP contribution in [0, 0.1) is 0 Å². The Bertz CT molecular complexity index is 402. The van der Waals surface area contributed by atoms with Gasteiger partial charge in [0.2, 0.25) is 5.91 Å². The third kappa shape index (κ3) is 2.32. The van der Waals surface area contributed by atoms with Crippen LogP contribution in [0.2, 0.25) is 0 Å². The molecule has 2 heterocycles. The smallest absolute Gasteiger partial charge is 0.234 e. The molecule has 0 aliphatic carbocycles. The van der Waals surface area contributed by atoms with Gasteiger partial charge < -0.3 is 11.5 Å². The van der Waals surface area contributed by atoms with E-state index in [9.17, 15) is 4.79 Å². The van der Waals surface area contributed by atoms with E-state index in [1.165, 1.54) is 0 Å². The van der Waals surface area contributed by atoms with Gasteiger partial charge in [-0.1, -0.05) is 0 Å². The number of aryl methyl sites for hydroxylation is 1. The third-order valence-electron chi connectivity index (χ3n) is 3.36. The van der Waals surface area contributed by atoms with Gasteiger partial charge in [-0.05, 0) is 19.4 Å². The molecular formula is C11H19N5O. The molecule has 2 atom stereocenters. The van der Waals surface area contributed by atoms with Crippen molar-refractivity contribution in [3.05, 3.63) is 18.0 Å². The Balaban J connectivity index is 2.20. The van der Waals surface area contributed by atoms with E-state index in [1.54, 1.807) is 10.9 Å². The number of likely N-dealkylation sites (tertiary alicyclic amines) is 1. The number of hydrogen-bond donors (Lipinski definition) is 2. The fraction of sp³-hybridized carbons (Fsp3) is 0.636. The number of nitrogens with zero attached hydrogens (tertiary/aromatic N) is 3. The van der Waals surface area contributed by atoms with Crippen molar-refractivity contribution in [1.82, 2.24) is 14.7 Å². The minimum Gasteiger partial charge on any atom is -0.368 e. The highest BCUT2D eigenvalue weighted by molar-refractivity contribution is 5.80. The molecule has 1 amide bonds. The second-order valence-corrected chi connectivity index (χ2v) is 4.50. The second kappa shape index (κ2) is 4.85. The van der Waals surface area contributed by atoms with Crippen molar-refractivity contribution in [2.75, 3.05) is 13.1 Å². The first-order valence-corrected chi connectivity index (χ1v) is 5.87. The normalized spacial score (nSPS) is 22.8. The van der Waals surface area contributed by atoms with Gasteiger partial charge in [0.25, 0.3) is 0 Å². The summed E-state index contributed by atoms with van der Waals surface area (Å²) in [7, 11) is 1.87. The summed E-state index contributed by atoms with van der Waals surface area (Å²) in [5, 5.41) is 4.15. The molecule has 2 unspecified atom stereocenters. The number of hydrogen-bond acceptors (Lipinski definition) is 4. The zero-order chi connectivity index (χ0) is 12.4. The van der Waals surface area contributed by atoms with Crippen molar-refractivity contribution in [3.8, 4) is 0 Å². The van der Waals surface area contributed by atoms with Crippen LogP contribution in [0.1, 0.15) is 24.4 Å². The topological polar surface area (TPSA) is 90.2 Å². The minimum absolute atomic E-state index is 0.0312. The quantitative estimate of drug-likeness (QED) is 0.729. The molecule has 1 saturated heterocycles. The summed E-state index contributed by atoms with van der Waals surface area (Å²) in [5.74, 6) is -0.259. The van der Waals surface area contributed by atoms with Crippen LogP contribution in [-0.4, -0.2) is 39.7 Å². The van der Waals surface area contributed by atoms with E-state index in [2.05, 4.69) is 10.00 Å². The summed E-state index contributed by atoms with van der Waals surface area (Å²) in [6, 6.07) is -0.160. The van der Waals surface area contributed by atoms with Crippen LogP contribution in [0.15, 0.2) is 12.4 Å². The maximum atomic E-state index is 11.4. The van der Waals surface area contributed by atoms with E-state index < -0.39 is 0 Å². The predicted molar refractivity (Wildman–Crippen MR) is 63.9 cm³/mol. The zero-order valence-electron chi connectivity index (χ0n) is 10.0. The molecule has 17 heavy (non-hydrogen) atoms. The van der Waals surface area contributed by atoms with E-state index >= 15 is 0 Å². The van der Waals surface area contributed by atoms with E-state index in [0.717, 1.165) is 24.9 Å². The second-order valence-electron chi connectivity index (χ2n) is 4.50. The molecular weight excluding hydrogens is 218 g/mol. The Hall–Kier alpha value is -1.40. The fourth-order valence-corrected chi connectivity index (χ4v) is 2.54. The molecule has 6 nitrogen and oxygen atoms in total. The molecule has 0 spiro atoms. The highest BCUT2D eigenvalue weighted by Gasteiger charge is 2.34. The molecule has 0 saturated carbocycles. The van der Waals surface area contributed by atoms with Crippen molar-refractivity contribution in [2.45, 2.75) is 24.9 Å². The molecule has 1 aromatic heterocycles. The highest BCUT2D eigenvalue weighted by atomic mass is 16.1. The average molecular weight is 237 g/mol. The van der Waals surface area contributed by atoms with Gasteiger partial charge in [-0.25, -0.2) is 0 Å². The zero-order valence-corrected chi connectivity index (χ0v) is 10.0. The van der Waals surface area contributed by atoms with Gasteiger partial charge in [0.15, 0.2) is 0 Å². The Labute approximate surface area is 101 Å². The monoisotopic (exact) mass is 237 g/mol. The first-order chi connectivity index (χ1) is 8.13. The number of carbonyl (C=O) groups is 1. The molecule has 0 radical (unpaired) electrons. The largest absolute Gasteiger partial charge is 0.368 e. The molecule has 4 N–H and O–H groups in total. The first-order valence-electron chi connectivity index (χ1n) is 5.87. The number of carbonyl (C=O) groups excluding carboxylic acids is 1. The van der Waals surface area contributed by atoms with Crippen LogP contribution < -0.4 is 11.5 Å². The summed E-state index contributed by atoms with van der Waals surface area (Å²) in [6.45, 7) is 1.33. The number of nitrogens with two attached hydrogens (primary N) is 2. The number of rotatable bonds is 4. The molecule has 1 aromatic rings. The first kappa shape index (κ1) is 12.1. The molecule has 0 aromatic carbocycles. The number of aromatic nitrogens is 2. The van der Waals surface area contributed by atoms with Crippen LogP contribution in [0.25, 0.3) is 0 Å². The molecule has 6 heteroatoms. The Morgan fingerprint density at radius 1 is 1.71 bits per heavy atom. The van der Waals surface area contributed by atoms with Crippen molar-refractivity contribution < 1.29 is 4.79 Å². The molecule has 1 aliphatic heterocycles. The van der Waals surface area contributed by atoms with Gasteiger partial charge in [0.1, 0.15) is 0 Å². The van der Waals surface area contributed by atoms with Gasteiger partial charge in [0, 0.05) is 25.4 Å². The van der Waals surface area contributed by atoms with Crippen molar-refractivity contribution in [2.24, 2.45) is 18.5 Å². The minimum atomic E-state index is -0.259. The Morgan fingerprint density at radius 2 is 2.47 bits per heavy atom. The predicted octanol–water partition coefficient (Wildman–Crippen LogP) is -0.630.